The first-order valence-electron chi connectivity index (χ1n) is 10.1. The Bertz CT molecular complexity index is 848. The average Bonchev–Trinajstić information content (AvgIpc) is 2.69. The number of piperidine rings is 1. The van der Waals surface area contributed by atoms with Gasteiger partial charge in [0, 0.05) is 25.2 Å². The van der Waals surface area contributed by atoms with Crippen LogP contribution in [0.25, 0.3) is 0 Å². The summed E-state index contributed by atoms with van der Waals surface area (Å²) in [5.41, 5.74) is 4.16. The molecule has 0 bridgehead atoms. The number of carbonyl (C=O) groups is 1. The van der Waals surface area contributed by atoms with Gasteiger partial charge in [-0.05, 0) is 50.5 Å². The van der Waals surface area contributed by atoms with Crippen LogP contribution in [0.2, 0.25) is 0 Å². The van der Waals surface area contributed by atoms with E-state index in [1.165, 1.54) is 0 Å². The fourth-order valence-corrected chi connectivity index (χ4v) is 4.85. The van der Waals surface area contributed by atoms with Crippen LogP contribution in [0.5, 0.6) is 5.75 Å². The van der Waals surface area contributed by atoms with E-state index in [1.807, 2.05) is 0 Å². The Hall–Kier alpha value is -1.72. The van der Waals surface area contributed by atoms with Gasteiger partial charge in [-0.2, -0.15) is 0 Å². The molecule has 30 heavy (non-hydrogen) atoms. The number of amides is 1. The highest BCUT2D eigenvalue weighted by atomic mass is 32.2. The molecular formula is C20H31N3O6S. The molecule has 1 aromatic rings. The van der Waals surface area contributed by atoms with Crippen molar-refractivity contribution >= 4 is 15.9 Å². The lowest BCUT2D eigenvalue weighted by Crippen LogP contribution is -2.64. The maximum atomic E-state index is 12.8. The van der Waals surface area contributed by atoms with Crippen LogP contribution in [0.3, 0.4) is 0 Å². The quantitative estimate of drug-likeness (QED) is 0.570. The number of nitrogens with two attached hydrogens (primary N) is 1. The minimum absolute atomic E-state index is 0.0401. The fourth-order valence-electron chi connectivity index (χ4n) is 4.00. The van der Waals surface area contributed by atoms with Gasteiger partial charge >= 0.3 is 0 Å². The lowest BCUT2D eigenvalue weighted by atomic mass is 9.78. The van der Waals surface area contributed by atoms with Gasteiger partial charge in [0.15, 0.2) is 0 Å². The van der Waals surface area contributed by atoms with E-state index in [0.717, 1.165) is 6.26 Å². The summed E-state index contributed by atoms with van der Waals surface area (Å²) in [6.07, 6.45) is 2.60. The molecule has 0 aliphatic carbocycles. The molecular weight excluding hydrogens is 410 g/mol. The molecule has 2 aliphatic heterocycles. The van der Waals surface area contributed by atoms with E-state index in [0.29, 0.717) is 56.8 Å². The molecule has 2 fully saturated rings. The molecule has 1 aromatic carbocycles. The molecule has 168 valence electrons. The van der Waals surface area contributed by atoms with Gasteiger partial charge in [-0.3, -0.25) is 4.79 Å². The van der Waals surface area contributed by atoms with Crippen molar-refractivity contribution in [1.82, 2.24) is 9.62 Å². The Morgan fingerprint density at radius 1 is 1.33 bits per heavy atom. The van der Waals surface area contributed by atoms with Crippen LogP contribution in [-0.4, -0.2) is 80.7 Å². The summed E-state index contributed by atoms with van der Waals surface area (Å²) in [4.78, 5) is 14.6. The Labute approximate surface area is 177 Å². The second kappa shape index (κ2) is 8.80. The molecule has 9 nitrogen and oxygen atoms in total. The van der Waals surface area contributed by atoms with E-state index >= 15 is 0 Å². The largest absolute Gasteiger partial charge is 0.492 e. The summed E-state index contributed by atoms with van der Waals surface area (Å²) in [6, 6.07) is 6.34. The van der Waals surface area contributed by atoms with Crippen molar-refractivity contribution in [2.75, 3.05) is 39.1 Å². The van der Waals surface area contributed by atoms with Gasteiger partial charge in [0.1, 0.15) is 18.0 Å². The van der Waals surface area contributed by atoms with Gasteiger partial charge in [0.05, 0.1) is 24.5 Å². The number of hydrogen-bond acceptors (Lipinski definition) is 7. The first-order chi connectivity index (χ1) is 14.0. The zero-order chi connectivity index (χ0) is 22.0. The van der Waals surface area contributed by atoms with E-state index in [1.54, 1.807) is 36.1 Å². The fraction of sp³-hybridized carbons (Fsp3) is 0.650. The normalized spacial score (nSPS) is 26.5. The van der Waals surface area contributed by atoms with Gasteiger partial charge < -0.3 is 25.2 Å². The molecule has 0 unspecified atom stereocenters. The highest BCUT2D eigenvalue weighted by Crippen LogP contribution is 2.38. The van der Waals surface area contributed by atoms with Crippen LogP contribution in [-0.2, 0) is 14.8 Å². The number of hydrogen-bond donors (Lipinski definition) is 3. The van der Waals surface area contributed by atoms with Crippen LogP contribution in [0.15, 0.2) is 24.3 Å². The smallest absolute Gasteiger partial charge is 0.253 e. The number of ether oxygens (including phenoxy) is 2. The molecule has 4 N–H and O–H groups in total. The predicted molar refractivity (Wildman–Crippen MR) is 112 cm³/mol. The number of sulfonamides is 1. The Balaban J connectivity index is 1.61. The standard InChI is InChI=1S/C20H31N3O6S/c1-19(25)14-29-20(13-17(19)22-30(2,26)27)7-10-23(11-8-20)18(24)15-3-5-16(6-4-15)28-12-9-21/h3-6,17,22,25H,7-14,21H2,1-2H3/t17-,19-/m0/s1. The van der Waals surface area contributed by atoms with Crippen molar-refractivity contribution in [2.45, 2.75) is 43.4 Å². The molecule has 0 radical (unpaired) electrons. The lowest BCUT2D eigenvalue weighted by Gasteiger charge is -2.50. The SMILES string of the molecule is C[C@]1(O)COC2(CCN(C(=O)c3ccc(OCCN)cc3)CC2)C[C@@H]1NS(C)(=O)=O. The van der Waals surface area contributed by atoms with Gasteiger partial charge in [0.25, 0.3) is 5.91 Å². The number of aliphatic hydroxyl groups is 1. The van der Waals surface area contributed by atoms with Crippen molar-refractivity contribution in [3.05, 3.63) is 29.8 Å². The molecule has 1 spiro atoms. The molecule has 2 aliphatic rings. The minimum Gasteiger partial charge on any atom is -0.492 e. The highest BCUT2D eigenvalue weighted by molar-refractivity contribution is 7.88. The van der Waals surface area contributed by atoms with Crippen LogP contribution in [0.1, 0.15) is 36.5 Å². The zero-order valence-corrected chi connectivity index (χ0v) is 18.3. The lowest BCUT2D eigenvalue weighted by molar-refractivity contribution is -0.187. The summed E-state index contributed by atoms with van der Waals surface area (Å²) < 4.78 is 37.4. The molecule has 0 saturated carbocycles. The molecule has 1 amide bonds. The number of likely N-dealkylation sites (tertiary alicyclic amines) is 1. The molecule has 3 rings (SSSR count). The van der Waals surface area contributed by atoms with Crippen LogP contribution < -0.4 is 15.2 Å². The van der Waals surface area contributed by atoms with Crippen molar-refractivity contribution in [3.63, 3.8) is 0 Å². The Morgan fingerprint density at radius 2 is 1.97 bits per heavy atom. The van der Waals surface area contributed by atoms with Crippen LogP contribution in [0, 0.1) is 0 Å². The van der Waals surface area contributed by atoms with E-state index in [-0.39, 0.29) is 12.5 Å². The maximum Gasteiger partial charge on any atom is 0.253 e. The summed E-state index contributed by atoms with van der Waals surface area (Å²) in [5.74, 6) is 0.602. The van der Waals surface area contributed by atoms with E-state index in [2.05, 4.69) is 4.72 Å². The Morgan fingerprint density at radius 3 is 2.53 bits per heavy atom. The maximum absolute atomic E-state index is 12.8. The molecule has 2 atom stereocenters. The predicted octanol–water partition coefficient (Wildman–Crippen LogP) is 0.0880. The minimum atomic E-state index is -3.47. The van der Waals surface area contributed by atoms with Crippen LogP contribution in [0.4, 0.5) is 0 Å². The third-order valence-corrected chi connectivity index (χ3v) is 6.52. The molecule has 10 heteroatoms. The topological polar surface area (TPSA) is 131 Å². The second-order valence-corrected chi connectivity index (χ2v) is 10.2. The number of rotatable bonds is 6. The molecule has 2 heterocycles. The first-order valence-corrected chi connectivity index (χ1v) is 12.0. The van der Waals surface area contributed by atoms with Crippen molar-refractivity contribution in [3.8, 4) is 5.75 Å². The van der Waals surface area contributed by atoms with E-state index in [4.69, 9.17) is 15.2 Å². The molecule has 2 saturated heterocycles. The third-order valence-electron chi connectivity index (χ3n) is 5.80. The summed E-state index contributed by atoms with van der Waals surface area (Å²) in [7, 11) is -3.47. The van der Waals surface area contributed by atoms with Gasteiger partial charge in [-0.1, -0.05) is 0 Å². The third kappa shape index (κ3) is 5.50. The first kappa shape index (κ1) is 23.0. The number of nitrogens with zero attached hydrogens (tertiary/aromatic N) is 1. The average molecular weight is 442 g/mol. The van der Waals surface area contributed by atoms with Gasteiger partial charge in [-0.15, -0.1) is 0 Å². The van der Waals surface area contributed by atoms with Gasteiger partial charge in [-0.25, -0.2) is 13.1 Å². The molecule has 0 aromatic heterocycles. The summed E-state index contributed by atoms with van der Waals surface area (Å²) in [5, 5.41) is 10.5. The van der Waals surface area contributed by atoms with Crippen molar-refractivity contribution < 1.29 is 27.8 Å². The number of nitrogens with one attached hydrogen (secondary N) is 1. The van der Waals surface area contributed by atoms with Crippen molar-refractivity contribution in [1.29, 1.82) is 0 Å². The van der Waals surface area contributed by atoms with E-state index < -0.39 is 27.3 Å². The number of benzene rings is 1. The summed E-state index contributed by atoms with van der Waals surface area (Å²) in [6.45, 7) is 3.45. The summed E-state index contributed by atoms with van der Waals surface area (Å²) >= 11 is 0. The van der Waals surface area contributed by atoms with E-state index in [9.17, 15) is 18.3 Å². The second-order valence-electron chi connectivity index (χ2n) is 8.43. The van der Waals surface area contributed by atoms with Gasteiger partial charge in [0.2, 0.25) is 10.0 Å². The zero-order valence-electron chi connectivity index (χ0n) is 17.5. The highest BCUT2D eigenvalue weighted by Gasteiger charge is 2.49. The Kier molecular flexibility index (Phi) is 6.73. The van der Waals surface area contributed by atoms with Crippen molar-refractivity contribution in [2.24, 2.45) is 5.73 Å². The monoisotopic (exact) mass is 441 g/mol. The van der Waals surface area contributed by atoms with Crippen LogP contribution >= 0.6 is 0 Å². The number of carbonyl (C=O) groups excluding carboxylic acids is 1.